The highest BCUT2D eigenvalue weighted by atomic mass is 35.5. The zero-order valence-corrected chi connectivity index (χ0v) is 20.2. The molecular weight excluding hydrogens is 436 g/mol. The lowest BCUT2D eigenvalue weighted by atomic mass is 9.49. The number of hydrogen-bond donors (Lipinski definition) is 1. The van der Waals surface area contributed by atoms with E-state index in [2.05, 4.69) is 45.6 Å². The Kier molecular flexibility index (Phi) is 5.69. The molecule has 5 nitrogen and oxygen atoms in total. The number of carbonyl (C=O) groups excluding carboxylic acids is 1. The number of amides is 1. The molecule has 1 N–H and O–H groups in total. The molecule has 1 saturated carbocycles. The monoisotopic (exact) mass is 462 g/mol. The van der Waals surface area contributed by atoms with Crippen molar-refractivity contribution < 1.29 is 14.6 Å². The van der Waals surface area contributed by atoms with Crippen LogP contribution in [0.5, 0.6) is 5.75 Å². The molecule has 4 rings (SSSR count). The standard InChI is InChI=1S/C27H27ClN2O3/c1-16(31)6-7-17-8-11-21-19(12-17)15-30(23(21)32)24-26(2,3)25(27(24,4)5)33-20-10-9-18(14-29)22(28)13-20/h8-13,16,24-25,31H,15H2,1-5H3. The Bertz CT molecular complexity index is 1210. The molecule has 0 saturated heterocycles. The number of ether oxygens (including phenoxy) is 1. The van der Waals surface area contributed by atoms with Crippen molar-refractivity contribution in [1.82, 2.24) is 4.90 Å². The van der Waals surface area contributed by atoms with E-state index in [1.165, 1.54) is 0 Å². The number of benzene rings is 2. The second-order valence-corrected chi connectivity index (χ2v) is 10.5. The molecule has 1 heterocycles. The van der Waals surface area contributed by atoms with Gasteiger partial charge in [0.2, 0.25) is 0 Å². The quantitative estimate of drug-likeness (QED) is 0.666. The summed E-state index contributed by atoms with van der Waals surface area (Å²) in [6.45, 7) is 10.6. The van der Waals surface area contributed by atoms with Gasteiger partial charge in [0.15, 0.2) is 0 Å². The van der Waals surface area contributed by atoms with E-state index in [4.69, 9.17) is 21.6 Å². The highest BCUT2D eigenvalue weighted by Crippen LogP contribution is 2.59. The van der Waals surface area contributed by atoms with Crippen LogP contribution in [0.1, 0.15) is 61.7 Å². The summed E-state index contributed by atoms with van der Waals surface area (Å²) >= 11 is 6.19. The maximum atomic E-state index is 13.3. The lowest BCUT2D eigenvalue weighted by Gasteiger charge is -2.65. The Balaban J connectivity index is 1.57. The van der Waals surface area contributed by atoms with E-state index in [0.717, 1.165) is 11.1 Å². The first kappa shape index (κ1) is 23.2. The molecule has 1 aliphatic heterocycles. The van der Waals surface area contributed by atoms with Crippen molar-refractivity contribution in [1.29, 1.82) is 5.26 Å². The fraction of sp³-hybridized carbons (Fsp3) is 0.407. The van der Waals surface area contributed by atoms with Gasteiger partial charge >= 0.3 is 0 Å². The van der Waals surface area contributed by atoms with E-state index in [0.29, 0.717) is 28.4 Å². The van der Waals surface area contributed by atoms with E-state index >= 15 is 0 Å². The van der Waals surface area contributed by atoms with Crippen molar-refractivity contribution in [3.63, 3.8) is 0 Å². The molecule has 1 aliphatic carbocycles. The average molecular weight is 463 g/mol. The summed E-state index contributed by atoms with van der Waals surface area (Å²) in [6, 6.07) is 12.7. The van der Waals surface area contributed by atoms with Crippen LogP contribution < -0.4 is 4.74 Å². The topological polar surface area (TPSA) is 73.6 Å². The number of aliphatic hydroxyl groups excluding tert-OH is 1. The first-order valence-electron chi connectivity index (χ1n) is 11.0. The predicted octanol–water partition coefficient (Wildman–Crippen LogP) is 4.78. The number of nitriles is 1. The number of halogens is 1. The van der Waals surface area contributed by atoms with E-state index in [9.17, 15) is 9.90 Å². The second kappa shape index (κ2) is 8.10. The third-order valence-electron chi connectivity index (χ3n) is 6.75. The van der Waals surface area contributed by atoms with Crippen LogP contribution in [0.15, 0.2) is 36.4 Å². The highest BCUT2D eigenvalue weighted by molar-refractivity contribution is 6.31. The van der Waals surface area contributed by atoms with Crippen molar-refractivity contribution in [2.75, 3.05) is 0 Å². The van der Waals surface area contributed by atoms with Crippen LogP contribution in [-0.2, 0) is 6.54 Å². The van der Waals surface area contributed by atoms with Crippen LogP contribution >= 0.6 is 11.6 Å². The summed E-state index contributed by atoms with van der Waals surface area (Å²) in [7, 11) is 0. The van der Waals surface area contributed by atoms with Crippen LogP contribution in [0.2, 0.25) is 5.02 Å². The first-order chi connectivity index (χ1) is 15.5. The number of rotatable bonds is 3. The molecule has 0 spiro atoms. The van der Waals surface area contributed by atoms with Gasteiger partial charge in [0.05, 0.1) is 10.6 Å². The lowest BCUT2D eigenvalue weighted by Crippen LogP contribution is -2.74. The molecule has 2 aromatic carbocycles. The van der Waals surface area contributed by atoms with Crippen LogP contribution in [0.3, 0.4) is 0 Å². The molecule has 6 heteroatoms. The lowest BCUT2D eigenvalue weighted by molar-refractivity contribution is -0.199. The molecule has 1 fully saturated rings. The van der Waals surface area contributed by atoms with Crippen LogP contribution in [0, 0.1) is 34.0 Å². The zero-order valence-electron chi connectivity index (χ0n) is 19.4. The summed E-state index contributed by atoms with van der Waals surface area (Å²) in [5.74, 6) is 6.34. The van der Waals surface area contributed by atoms with Crippen molar-refractivity contribution in [3.8, 4) is 23.7 Å². The molecule has 0 bridgehead atoms. The third kappa shape index (κ3) is 3.86. The van der Waals surface area contributed by atoms with Crippen LogP contribution in [0.25, 0.3) is 0 Å². The maximum Gasteiger partial charge on any atom is 0.254 e. The summed E-state index contributed by atoms with van der Waals surface area (Å²) in [5.41, 5.74) is 2.23. The van der Waals surface area contributed by atoms with Crippen molar-refractivity contribution >= 4 is 17.5 Å². The number of fused-ring (bicyclic) bond motifs is 1. The molecule has 2 aliphatic rings. The minimum absolute atomic E-state index is 0.0195. The second-order valence-electron chi connectivity index (χ2n) is 10.0. The largest absolute Gasteiger partial charge is 0.489 e. The summed E-state index contributed by atoms with van der Waals surface area (Å²) in [6.07, 6.45) is -0.848. The van der Waals surface area contributed by atoms with Gasteiger partial charge in [-0.1, -0.05) is 51.1 Å². The average Bonchev–Trinajstić information content (AvgIpc) is 3.05. The van der Waals surface area contributed by atoms with Gasteiger partial charge in [-0.2, -0.15) is 5.26 Å². The number of nitrogens with zero attached hydrogens (tertiary/aromatic N) is 2. The molecule has 33 heavy (non-hydrogen) atoms. The summed E-state index contributed by atoms with van der Waals surface area (Å²) in [4.78, 5) is 15.3. The van der Waals surface area contributed by atoms with Crippen LogP contribution in [-0.4, -0.2) is 34.2 Å². The van der Waals surface area contributed by atoms with Gasteiger partial charge in [0.25, 0.3) is 5.91 Å². The van der Waals surface area contributed by atoms with E-state index in [1.807, 2.05) is 23.1 Å². The molecule has 2 aromatic rings. The van der Waals surface area contributed by atoms with Crippen molar-refractivity contribution in [2.45, 2.75) is 59.4 Å². The molecule has 1 unspecified atom stereocenters. The minimum atomic E-state index is -0.698. The van der Waals surface area contributed by atoms with Crippen LogP contribution in [0.4, 0.5) is 0 Å². The fourth-order valence-electron chi connectivity index (χ4n) is 5.83. The zero-order chi connectivity index (χ0) is 24.1. The van der Waals surface area contributed by atoms with E-state index < -0.39 is 6.10 Å². The number of aliphatic hydroxyl groups is 1. The van der Waals surface area contributed by atoms with Crippen molar-refractivity contribution in [3.05, 3.63) is 63.7 Å². The molecule has 1 amide bonds. The Morgan fingerprint density at radius 2 is 1.88 bits per heavy atom. The smallest absolute Gasteiger partial charge is 0.254 e. The summed E-state index contributed by atoms with van der Waals surface area (Å²) in [5, 5.41) is 18.9. The molecule has 0 aromatic heterocycles. The Labute approximate surface area is 199 Å². The van der Waals surface area contributed by atoms with Crippen molar-refractivity contribution in [2.24, 2.45) is 10.8 Å². The third-order valence-corrected chi connectivity index (χ3v) is 7.06. The Morgan fingerprint density at radius 3 is 2.48 bits per heavy atom. The Hall–Kier alpha value is -2.99. The Morgan fingerprint density at radius 1 is 1.18 bits per heavy atom. The molecule has 170 valence electrons. The highest BCUT2D eigenvalue weighted by Gasteiger charge is 2.66. The maximum absolute atomic E-state index is 13.3. The SMILES string of the molecule is CC(O)C#Cc1ccc2c(c1)CN(C1C(C)(C)C(Oc3ccc(C#N)c(Cl)c3)C1(C)C)C2=O. The minimum Gasteiger partial charge on any atom is -0.489 e. The predicted molar refractivity (Wildman–Crippen MR) is 127 cm³/mol. The van der Waals surface area contributed by atoms with Gasteiger partial charge in [-0.25, -0.2) is 0 Å². The molecule has 1 atom stereocenters. The van der Waals surface area contributed by atoms with Gasteiger partial charge in [0.1, 0.15) is 24.0 Å². The van der Waals surface area contributed by atoms with Gasteiger partial charge < -0.3 is 14.7 Å². The van der Waals surface area contributed by atoms with E-state index in [-0.39, 0.29) is 28.9 Å². The molecule has 0 radical (unpaired) electrons. The fourth-order valence-corrected chi connectivity index (χ4v) is 6.04. The number of carbonyl (C=O) groups is 1. The van der Waals surface area contributed by atoms with Gasteiger partial charge in [0, 0.05) is 40.6 Å². The van der Waals surface area contributed by atoms with Gasteiger partial charge in [-0.3, -0.25) is 4.79 Å². The number of hydrogen-bond acceptors (Lipinski definition) is 4. The van der Waals surface area contributed by atoms with Gasteiger partial charge in [-0.15, -0.1) is 0 Å². The van der Waals surface area contributed by atoms with E-state index in [1.54, 1.807) is 25.1 Å². The van der Waals surface area contributed by atoms with Gasteiger partial charge in [-0.05, 0) is 42.8 Å². The normalized spacial score (nSPS) is 23.0. The summed E-state index contributed by atoms with van der Waals surface area (Å²) < 4.78 is 6.36. The molecular formula is C27H27ClN2O3. The first-order valence-corrected chi connectivity index (χ1v) is 11.3.